The fraction of sp³-hybridized carbons (Fsp3) is 0.682. The minimum atomic E-state index is -0.593. The highest BCUT2D eigenvalue weighted by Gasteiger charge is 2.47. The largest absolute Gasteiger partial charge is 0.465 e. The molecule has 0 amide bonds. The van der Waals surface area contributed by atoms with Gasteiger partial charge >= 0.3 is 5.97 Å². The zero-order chi connectivity index (χ0) is 20.2. The maximum absolute atomic E-state index is 13.0. The summed E-state index contributed by atoms with van der Waals surface area (Å²) < 4.78 is 16.7. The monoisotopic (exact) mass is 364 g/mol. The van der Waals surface area contributed by atoms with Crippen LogP contribution in [0.4, 0.5) is 0 Å². The first-order chi connectivity index (χ1) is 11.8. The molecule has 0 aromatic heterocycles. The summed E-state index contributed by atoms with van der Waals surface area (Å²) in [5.74, 6) is 1.01. The van der Waals surface area contributed by atoms with Crippen LogP contribution >= 0.6 is 0 Å². The highest BCUT2D eigenvalue weighted by molar-refractivity contribution is 5.79. The van der Waals surface area contributed by atoms with Crippen molar-refractivity contribution in [2.75, 3.05) is 6.61 Å². The maximum atomic E-state index is 13.0. The Bertz CT molecular complexity index is 578. The van der Waals surface area contributed by atoms with Crippen molar-refractivity contribution in [2.45, 2.75) is 75.0 Å². The molecule has 0 aliphatic carbocycles. The molecule has 0 bridgehead atoms. The van der Waals surface area contributed by atoms with E-state index in [-0.39, 0.29) is 23.1 Å². The van der Waals surface area contributed by atoms with Gasteiger partial charge in [-0.15, -0.1) is 0 Å². The molecule has 2 unspecified atom stereocenters. The van der Waals surface area contributed by atoms with Gasteiger partial charge in [-0.2, -0.15) is 0 Å². The Morgan fingerprint density at radius 2 is 1.46 bits per heavy atom. The third-order valence-corrected chi connectivity index (χ3v) is 4.73. The molecule has 2 atom stereocenters. The van der Waals surface area contributed by atoms with E-state index in [1.165, 1.54) is 0 Å². The molecule has 4 heteroatoms. The number of rotatable bonds is 7. The topological polar surface area (TPSA) is 44.8 Å². The van der Waals surface area contributed by atoms with Crippen LogP contribution in [0.2, 0.25) is 0 Å². The smallest absolute Gasteiger partial charge is 0.317 e. The normalized spacial score (nSPS) is 15.9. The lowest BCUT2D eigenvalue weighted by Crippen LogP contribution is -2.45. The highest BCUT2D eigenvalue weighted by Crippen LogP contribution is 2.47. The minimum Gasteiger partial charge on any atom is -0.465 e. The van der Waals surface area contributed by atoms with Crippen LogP contribution in [-0.4, -0.2) is 18.9 Å². The molecule has 0 saturated heterocycles. The number of carbonyl (C=O) groups is 1. The molecule has 0 N–H and O–H groups in total. The molecule has 4 nitrogen and oxygen atoms in total. The highest BCUT2D eigenvalue weighted by atomic mass is 16.7. The Morgan fingerprint density at radius 3 is 1.88 bits per heavy atom. The van der Waals surface area contributed by atoms with Crippen LogP contribution < -0.4 is 9.47 Å². The van der Waals surface area contributed by atoms with Gasteiger partial charge in [-0.3, -0.25) is 4.79 Å². The van der Waals surface area contributed by atoms with Crippen molar-refractivity contribution in [3.8, 4) is 11.5 Å². The zero-order valence-corrected chi connectivity index (χ0v) is 17.9. The summed E-state index contributed by atoms with van der Waals surface area (Å²) >= 11 is 0. The van der Waals surface area contributed by atoms with Gasteiger partial charge < -0.3 is 14.2 Å². The van der Waals surface area contributed by atoms with Crippen LogP contribution in [-0.2, 0) is 9.53 Å². The first-order valence-electron chi connectivity index (χ1n) is 9.39. The number of hydrogen-bond donors (Lipinski definition) is 0. The third-order valence-electron chi connectivity index (χ3n) is 4.73. The molecule has 0 fully saturated rings. The molecule has 0 heterocycles. The summed E-state index contributed by atoms with van der Waals surface area (Å²) in [7, 11) is 0. The van der Waals surface area contributed by atoms with E-state index in [1.807, 2.05) is 20.8 Å². The van der Waals surface area contributed by atoms with Crippen molar-refractivity contribution in [1.29, 1.82) is 0 Å². The summed E-state index contributed by atoms with van der Waals surface area (Å²) in [6, 6.07) is 7.09. The van der Waals surface area contributed by atoms with Gasteiger partial charge in [0.05, 0.1) is 5.41 Å². The molecular weight excluding hydrogens is 328 g/mol. The number of benzene rings is 1. The fourth-order valence-electron chi connectivity index (χ4n) is 2.97. The Morgan fingerprint density at radius 1 is 0.962 bits per heavy atom. The standard InChI is InChI=1S/C22H36O4/c1-10-24-16(2)25-17-11-13-18(14-12-17)26-19(23)22(9,21(6,7)8)15-20(3,4)5/h11-14,16H,10,15H2,1-9H3. The second kappa shape index (κ2) is 8.43. The van der Waals surface area contributed by atoms with Gasteiger partial charge in [-0.25, -0.2) is 0 Å². The van der Waals surface area contributed by atoms with Crippen molar-refractivity contribution in [3.63, 3.8) is 0 Å². The molecule has 0 aliphatic rings. The van der Waals surface area contributed by atoms with Crippen molar-refractivity contribution in [2.24, 2.45) is 16.2 Å². The second-order valence-electron chi connectivity index (χ2n) is 9.32. The molecule has 148 valence electrons. The summed E-state index contributed by atoms with van der Waals surface area (Å²) in [6.07, 6.45) is 0.430. The average molecular weight is 365 g/mol. The lowest BCUT2D eigenvalue weighted by Gasteiger charge is -2.43. The lowest BCUT2D eigenvalue weighted by atomic mass is 9.61. The van der Waals surface area contributed by atoms with Gasteiger partial charge in [0.2, 0.25) is 0 Å². The average Bonchev–Trinajstić information content (AvgIpc) is 2.46. The fourth-order valence-corrected chi connectivity index (χ4v) is 2.97. The Kier molecular flexibility index (Phi) is 7.29. The molecule has 0 aliphatic heterocycles. The number of carbonyl (C=O) groups excluding carboxylic acids is 1. The number of ether oxygens (including phenoxy) is 3. The number of hydrogen-bond acceptors (Lipinski definition) is 4. The molecule has 1 rings (SSSR count). The van der Waals surface area contributed by atoms with Crippen molar-refractivity contribution in [1.82, 2.24) is 0 Å². The van der Waals surface area contributed by atoms with Gasteiger partial charge in [0.15, 0.2) is 6.29 Å². The summed E-state index contributed by atoms with van der Waals surface area (Å²) in [4.78, 5) is 13.0. The maximum Gasteiger partial charge on any atom is 0.317 e. The van der Waals surface area contributed by atoms with E-state index in [0.717, 1.165) is 6.42 Å². The zero-order valence-electron chi connectivity index (χ0n) is 17.9. The summed E-state index contributed by atoms with van der Waals surface area (Å²) in [5, 5.41) is 0. The predicted octanol–water partition coefficient (Wildman–Crippen LogP) is 5.84. The number of esters is 1. The van der Waals surface area contributed by atoms with Gasteiger partial charge in [0.1, 0.15) is 11.5 Å². The van der Waals surface area contributed by atoms with Crippen LogP contribution in [0.15, 0.2) is 24.3 Å². The van der Waals surface area contributed by atoms with E-state index >= 15 is 0 Å². The molecule has 1 aromatic carbocycles. The van der Waals surface area contributed by atoms with Gasteiger partial charge in [-0.1, -0.05) is 41.5 Å². The van der Waals surface area contributed by atoms with Crippen LogP contribution in [0.25, 0.3) is 0 Å². The van der Waals surface area contributed by atoms with E-state index < -0.39 is 5.41 Å². The van der Waals surface area contributed by atoms with E-state index in [0.29, 0.717) is 18.1 Å². The van der Waals surface area contributed by atoms with Gasteiger partial charge in [0.25, 0.3) is 0 Å². The van der Waals surface area contributed by atoms with Crippen molar-refractivity contribution >= 4 is 5.97 Å². The van der Waals surface area contributed by atoms with Gasteiger partial charge in [-0.05, 0) is 62.3 Å². The van der Waals surface area contributed by atoms with Gasteiger partial charge in [0, 0.05) is 6.61 Å². The molecular formula is C22H36O4. The van der Waals surface area contributed by atoms with Crippen molar-refractivity contribution in [3.05, 3.63) is 24.3 Å². The van der Waals surface area contributed by atoms with E-state index in [1.54, 1.807) is 24.3 Å². The van der Waals surface area contributed by atoms with Crippen LogP contribution in [0, 0.1) is 16.2 Å². The Balaban J connectivity index is 2.90. The van der Waals surface area contributed by atoms with Crippen LogP contribution in [0.1, 0.15) is 68.7 Å². The first-order valence-corrected chi connectivity index (χ1v) is 9.39. The molecule has 0 saturated carbocycles. The Labute approximate surface area is 159 Å². The molecule has 1 aromatic rings. The Hall–Kier alpha value is -1.55. The molecule has 0 spiro atoms. The minimum absolute atomic E-state index is 0.0220. The lowest BCUT2D eigenvalue weighted by molar-refractivity contribution is -0.154. The van der Waals surface area contributed by atoms with E-state index in [2.05, 4.69) is 41.5 Å². The van der Waals surface area contributed by atoms with Crippen LogP contribution in [0.3, 0.4) is 0 Å². The molecule has 26 heavy (non-hydrogen) atoms. The van der Waals surface area contributed by atoms with Crippen LogP contribution in [0.5, 0.6) is 11.5 Å². The second-order valence-corrected chi connectivity index (χ2v) is 9.32. The van der Waals surface area contributed by atoms with E-state index in [4.69, 9.17) is 14.2 Å². The summed E-state index contributed by atoms with van der Waals surface area (Å²) in [6.45, 7) is 19.1. The summed E-state index contributed by atoms with van der Waals surface area (Å²) in [5.41, 5.74) is -0.786. The first kappa shape index (κ1) is 22.5. The van der Waals surface area contributed by atoms with E-state index in [9.17, 15) is 4.79 Å². The third kappa shape index (κ3) is 6.31. The quantitative estimate of drug-likeness (QED) is 0.346. The predicted molar refractivity (Wildman–Crippen MR) is 105 cm³/mol. The SMILES string of the molecule is CCOC(C)Oc1ccc(OC(=O)C(C)(CC(C)(C)C)C(C)(C)C)cc1. The molecule has 0 radical (unpaired) electrons. The van der Waals surface area contributed by atoms with Crippen molar-refractivity contribution < 1.29 is 19.0 Å².